The Hall–Kier alpha value is -5.43. The second-order valence-electron chi connectivity index (χ2n) is 16.9. The van der Waals surface area contributed by atoms with Crippen LogP contribution in [0.2, 0.25) is 0 Å². The van der Waals surface area contributed by atoms with E-state index in [-0.39, 0.29) is 23.0 Å². The van der Waals surface area contributed by atoms with Gasteiger partial charge in [0.2, 0.25) is 0 Å². The number of hydrogen-bond donors (Lipinski definition) is 0. The molecule has 0 aliphatic heterocycles. The fourth-order valence-electron chi connectivity index (χ4n) is 7.72. The maximum absolute atomic E-state index is 11.5. The number of ether oxygens (including phenoxy) is 6. The second kappa shape index (κ2) is 29.3. The summed E-state index contributed by atoms with van der Waals surface area (Å²) in [5.41, 5.74) is 0.558. The van der Waals surface area contributed by atoms with E-state index in [1.807, 2.05) is 36.4 Å². The molecule has 0 saturated carbocycles. The first-order valence-electron chi connectivity index (χ1n) is 24.3. The van der Waals surface area contributed by atoms with Crippen molar-refractivity contribution in [3.8, 4) is 17.2 Å². The van der Waals surface area contributed by atoms with E-state index in [4.69, 9.17) is 41.7 Å². The number of rotatable bonds is 35. The van der Waals surface area contributed by atoms with Gasteiger partial charge >= 0.3 is 16.9 Å². The summed E-state index contributed by atoms with van der Waals surface area (Å²) in [6.45, 7) is 5.10. The van der Waals surface area contributed by atoms with Crippen LogP contribution in [-0.2, 0) is 14.2 Å². The zero-order chi connectivity index (χ0) is 45.9. The highest BCUT2D eigenvalue weighted by molar-refractivity contribution is 5.79. The fourth-order valence-corrected chi connectivity index (χ4v) is 7.72. The van der Waals surface area contributed by atoms with Gasteiger partial charge in [0.25, 0.3) is 0 Å². The Labute approximate surface area is 387 Å². The maximum atomic E-state index is 11.5. The maximum Gasteiger partial charge on any atom is 0.336 e. The minimum Gasteiger partial charge on any atom is -0.493 e. The van der Waals surface area contributed by atoms with Gasteiger partial charge in [-0.05, 0) is 93.1 Å². The van der Waals surface area contributed by atoms with Crippen molar-refractivity contribution in [1.29, 1.82) is 0 Å². The van der Waals surface area contributed by atoms with Crippen LogP contribution in [0.25, 0.3) is 32.9 Å². The Morgan fingerprint density at radius 1 is 0.333 bits per heavy atom. The van der Waals surface area contributed by atoms with Crippen molar-refractivity contribution in [3.05, 3.63) is 122 Å². The average molecular weight is 909 g/mol. The largest absolute Gasteiger partial charge is 0.493 e. The molecule has 0 aliphatic carbocycles. The summed E-state index contributed by atoms with van der Waals surface area (Å²) in [5.74, 6) is 2.16. The van der Waals surface area contributed by atoms with E-state index < -0.39 is 0 Å². The summed E-state index contributed by atoms with van der Waals surface area (Å²) in [5, 5.41) is 2.64. The van der Waals surface area contributed by atoms with Gasteiger partial charge in [-0.25, -0.2) is 14.4 Å². The molecule has 12 heteroatoms. The summed E-state index contributed by atoms with van der Waals surface area (Å²) in [6, 6.07) is 26.3. The van der Waals surface area contributed by atoms with Crippen LogP contribution in [0.1, 0.15) is 116 Å². The molecule has 0 amide bonds. The first-order valence-corrected chi connectivity index (χ1v) is 24.3. The molecule has 0 unspecified atom stereocenters. The topological polar surface area (TPSA) is 146 Å². The minimum absolute atomic E-state index is 0.0810. The predicted molar refractivity (Wildman–Crippen MR) is 258 cm³/mol. The van der Waals surface area contributed by atoms with E-state index in [0.29, 0.717) is 69.6 Å². The van der Waals surface area contributed by atoms with E-state index in [1.165, 1.54) is 18.2 Å². The molecule has 356 valence electrons. The Bertz CT molecular complexity index is 2360. The first-order chi connectivity index (χ1) is 32.5. The molecule has 6 aromatic rings. The lowest BCUT2D eigenvalue weighted by atomic mass is 10.1. The van der Waals surface area contributed by atoms with Crippen molar-refractivity contribution < 1.29 is 41.7 Å². The van der Waals surface area contributed by atoms with E-state index in [9.17, 15) is 14.4 Å². The molecular formula is C54H68O12. The van der Waals surface area contributed by atoms with Crippen molar-refractivity contribution >= 4 is 32.9 Å². The predicted octanol–water partition coefficient (Wildman–Crippen LogP) is 12.0. The van der Waals surface area contributed by atoms with E-state index in [2.05, 4.69) is 0 Å². The Morgan fingerprint density at radius 3 is 0.970 bits per heavy atom. The van der Waals surface area contributed by atoms with Crippen LogP contribution in [0.5, 0.6) is 17.2 Å². The van der Waals surface area contributed by atoms with Gasteiger partial charge in [-0.15, -0.1) is 0 Å². The van der Waals surface area contributed by atoms with Crippen LogP contribution in [0.15, 0.2) is 119 Å². The van der Waals surface area contributed by atoms with Gasteiger partial charge in [0.15, 0.2) is 0 Å². The third-order valence-electron chi connectivity index (χ3n) is 11.5. The molecule has 66 heavy (non-hydrogen) atoms. The highest BCUT2D eigenvalue weighted by atomic mass is 16.6. The van der Waals surface area contributed by atoms with Crippen molar-refractivity contribution in [2.24, 2.45) is 0 Å². The average Bonchev–Trinajstić information content (AvgIpc) is 3.32. The van der Waals surface area contributed by atoms with Gasteiger partial charge in [0.05, 0.1) is 33.0 Å². The van der Waals surface area contributed by atoms with Crippen LogP contribution < -0.4 is 31.1 Å². The zero-order valence-corrected chi connectivity index (χ0v) is 38.5. The smallest absolute Gasteiger partial charge is 0.336 e. The normalized spacial score (nSPS) is 11.6. The van der Waals surface area contributed by atoms with Gasteiger partial charge < -0.3 is 41.7 Å². The van der Waals surface area contributed by atoms with Gasteiger partial charge in [0, 0.05) is 72.4 Å². The molecule has 0 fully saturated rings. The number of benzene rings is 3. The summed E-state index contributed by atoms with van der Waals surface area (Å²) in [7, 11) is 0. The fraction of sp³-hybridized carbons (Fsp3) is 0.500. The monoisotopic (exact) mass is 908 g/mol. The zero-order valence-electron chi connectivity index (χ0n) is 38.5. The number of hydrogen-bond acceptors (Lipinski definition) is 12. The minimum atomic E-state index is -0.359. The molecule has 0 bridgehead atoms. The van der Waals surface area contributed by atoms with Crippen LogP contribution >= 0.6 is 0 Å². The molecule has 3 aromatic heterocycles. The molecule has 0 saturated heterocycles. The molecule has 0 radical (unpaired) electrons. The third-order valence-corrected chi connectivity index (χ3v) is 11.5. The van der Waals surface area contributed by atoms with Crippen LogP contribution in [0, 0.1) is 0 Å². The SMILES string of the molecule is O=c1ccc2ccc(OCCCCCCCCOCC(COCCCCCCCCOc3ccc4ccc(=O)oc4c3)OCCCCCCCCOc3ccc4ccc(=O)oc4c3)cc2o1. The summed E-state index contributed by atoms with van der Waals surface area (Å²) < 4.78 is 52.0. The quantitative estimate of drug-likeness (QED) is 0.0276. The van der Waals surface area contributed by atoms with E-state index in [1.54, 1.807) is 36.4 Å². The van der Waals surface area contributed by atoms with Crippen LogP contribution in [0.3, 0.4) is 0 Å². The lowest BCUT2D eigenvalue weighted by Crippen LogP contribution is -2.27. The third kappa shape index (κ3) is 18.8. The van der Waals surface area contributed by atoms with Crippen molar-refractivity contribution in [2.45, 2.75) is 122 Å². The van der Waals surface area contributed by atoms with Crippen molar-refractivity contribution in [1.82, 2.24) is 0 Å². The lowest BCUT2D eigenvalue weighted by Gasteiger charge is -2.18. The van der Waals surface area contributed by atoms with E-state index >= 15 is 0 Å². The summed E-state index contributed by atoms with van der Waals surface area (Å²) in [4.78, 5) is 34.6. The second-order valence-corrected chi connectivity index (χ2v) is 16.9. The standard InChI is InChI=1S/C54H68O12/c55-52-28-22-42-19-25-45(37-49(42)64-52)60-33-15-9-3-1-7-13-31-58-40-48(63-36-18-12-6-5-11-17-35-62-47-27-21-44-24-30-54(57)66-51(44)39-47)41-59-32-14-8-2-4-10-16-34-61-46-26-20-43-23-29-53(56)65-50(43)38-46/h19-30,37-39,48H,1-18,31-36,40-41H2. The summed E-state index contributed by atoms with van der Waals surface area (Å²) in [6.07, 6.45) is 19.5. The van der Waals surface area contributed by atoms with Crippen LogP contribution in [0.4, 0.5) is 0 Å². The molecule has 12 nitrogen and oxygen atoms in total. The van der Waals surface area contributed by atoms with Crippen molar-refractivity contribution in [3.63, 3.8) is 0 Å². The molecule has 0 aliphatic rings. The Morgan fingerprint density at radius 2 is 0.621 bits per heavy atom. The van der Waals surface area contributed by atoms with E-state index in [0.717, 1.165) is 149 Å². The molecule has 6 rings (SSSR count). The van der Waals surface area contributed by atoms with Gasteiger partial charge in [-0.3, -0.25) is 0 Å². The highest BCUT2D eigenvalue weighted by Crippen LogP contribution is 2.23. The van der Waals surface area contributed by atoms with Crippen molar-refractivity contribution in [2.75, 3.05) is 52.9 Å². The Balaban J connectivity index is 0.779. The lowest BCUT2D eigenvalue weighted by molar-refractivity contribution is -0.0616. The molecule has 0 atom stereocenters. The molecule has 3 heterocycles. The van der Waals surface area contributed by atoms with Crippen LogP contribution in [-0.4, -0.2) is 59.0 Å². The molecule has 0 N–H and O–H groups in total. The number of unbranched alkanes of at least 4 members (excludes halogenated alkanes) is 15. The highest BCUT2D eigenvalue weighted by Gasteiger charge is 2.11. The Kier molecular flexibility index (Phi) is 22.2. The molecule has 0 spiro atoms. The molecular weight excluding hydrogens is 841 g/mol. The van der Waals surface area contributed by atoms with Gasteiger partial charge in [-0.2, -0.15) is 0 Å². The first kappa shape index (κ1) is 50.0. The van der Waals surface area contributed by atoms with Gasteiger partial charge in [-0.1, -0.05) is 77.0 Å². The summed E-state index contributed by atoms with van der Waals surface area (Å²) >= 11 is 0. The molecule has 3 aromatic carbocycles. The van der Waals surface area contributed by atoms with Gasteiger partial charge in [0.1, 0.15) is 40.1 Å². The number of fused-ring (bicyclic) bond motifs is 3.